The molecule has 1 aromatic rings. The van der Waals surface area contributed by atoms with E-state index in [-0.39, 0.29) is 0 Å². The molecular weight excluding hydrogens is 210 g/mol. The molecule has 2 fully saturated rings. The molecule has 1 aromatic carbocycles. The van der Waals surface area contributed by atoms with Crippen LogP contribution in [0.5, 0.6) is 0 Å². The molecule has 2 heterocycles. The topological polar surface area (TPSA) is 21.3 Å². The van der Waals surface area contributed by atoms with E-state index in [0.29, 0.717) is 0 Å². The van der Waals surface area contributed by atoms with Crippen LogP contribution < -0.4 is 5.32 Å². The molecule has 1 unspecified atom stereocenters. The Morgan fingerprint density at radius 1 is 1.00 bits per heavy atom. The molecule has 3 rings (SSSR count). The highest BCUT2D eigenvalue weighted by molar-refractivity contribution is 5.23. The van der Waals surface area contributed by atoms with E-state index in [1.807, 2.05) is 0 Å². The first kappa shape index (κ1) is 11.2. The predicted molar refractivity (Wildman–Crippen MR) is 69.1 cm³/mol. The first-order valence-electron chi connectivity index (χ1n) is 6.76. The summed E-state index contributed by atoms with van der Waals surface area (Å²) in [6.07, 6.45) is 3.76. The van der Waals surface area contributed by atoms with Gasteiger partial charge in [-0.2, -0.15) is 0 Å². The lowest BCUT2D eigenvalue weighted by Gasteiger charge is -2.25. The fourth-order valence-electron chi connectivity index (χ4n) is 2.77. The van der Waals surface area contributed by atoms with Crippen LogP contribution in [0.25, 0.3) is 0 Å². The molecule has 0 amide bonds. The summed E-state index contributed by atoms with van der Waals surface area (Å²) in [5, 5.41) is 3.43. The minimum Gasteiger partial charge on any atom is -0.381 e. The number of hydrogen-bond acceptors (Lipinski definition) is 2. The van der Waals surface area contributed by atoms with Gasteiger partial charge in [0.25, 0.3) is 0 Å². The minimum absolute atomic E-state index is 0.764. The molecule has 2 nitrogen and oxygen atoms in total. The van der Waals surface area contributed by atoms with Crippen molar-refractivity contribution in [1.29, 1.82) is 0 Å². The molecular formula is C15H21NO. The zero-order valence-electron chi connectivity index (χ0n) is 10.3. The van der Waals surface area contributed by atoms with Crippen molar-refractivity contribution in [3.8, 4) is 0 Å². The molecule has 17 heavy (non-hydrogen) atoms. The van der Waals surface area contributed by atoms with Crippen molar-refractivity contribution < 1.29 is 4.74 Å². The summed E-state index contributed by atoms with van der Waals surface area (Å²) in [6.45, 7) is 4.30. The smallest absolute Gasteiger partial charge is 0.0519 e. The van der Waals surface area contributed by atoms with E-state index in [4.69, 9.17) is 4.74 Å². The molecule has 0 saturated carbocycles. The Kier molecular flexibility index (Phi) is 3.44. The van der Waals surface area contributed by atoms with Gasteiger partial charge in [-0.25, -0.2) is 0 Å². The SMILES string of the molecule is c1cc(CC2COC2)ccc1CC1CCNC1. The van der Waals surface area contributed by atoms with Gasteiger partial charge >= 0.3 is 0 Å². The second-order valence-corrected chi connectivity index (χ2v) is 5.49. The van der Waals surface area contributed by atoms with Crippen molar-refractivity contribution in [2.75, 3.05) is 26.3 Å². The molecule has 1 N–H and O–H groups in total. The second-order valence-electron chi connectivity index (χ2n) is 5.49. The van der Waals surface area contributed by atoms with Crippen molar-refractivity contribution in [2.24, 2.45) is 11.8 Å². The van der Waals surface area contributed by atoms with Crippen LogP contribution in [0.2, 0.25) is 0 Å². The summed E-state index contributed by atoms with van der Waals surface area (Å²) in [5.74, 6) is 1.61. The van der Waals surface area contributed by atoms with Gasteiger partial charge in [0.05, 0.1) is 13.2 Å². The Hall–Kier alpha value is -0.860. The van der Waals surface area contributed by atoms with Crippen LogP contribution in [0.1, 0.15) is 17.5 Å². The number of hydrogen-bond donors (Lipinski definition) is 1. The van der Waals surface area contributed by atoms with Gasteiger partial charge in [0, 0.05) is 5.92 Å². The first-order chi connectivity index (χ1) is 8.40. The van der Waals surface area contributed by atoms with Gasteiger partial charge in [-0.3, -0.25) is 0 Å². The third-order valence-electron chi connectivity index (χ3n) is 3.94. The number of benzene rings is 1. The van der Waals surface area contributed by atoms with Crippen LogP contribution in [-0.2, 0) is 17.6 Å². The highest BCUT2D eigenvalue weighted by Crippen LogP contribution is 2.19. The second kappa shape index (κ2) is 5.19. The molecule has 0 spiro atoms. The number of ether oxygens (including phenoxy) is 1. The van der Waals surface area contributed by atoms with Crippen molar-refractivity contribution >= 4 is 0 Å². The van der Waals surface area contributed by atoms with E-state index in [9.17, 15) is 0 Å². The van der Waals surface area contributed by atoms with Crippen LogP contribution in [0.15, 0.2) is 24.3 Å². The van der Waals surface area contributed by atoms with Crippen LogP contribution in [0.3, 0.4) is 0 Å². The highest BCUT2D eigenvalue weighted by atomic mass is 16.5. The van der Waals surface area contributed by atoms with Crippen LogP contribution in [0.4, 0.5) is 0 Å². The molecule has 2 saturated heterocycles. The van der Waals surface area contributed by atoms with Crippen molar-refractivity contribution in [3.05, 3.63) is 35.4 Å². The Morgan fingerprint density at radius 2 is 1.65 bits per heavy atom. The lowest BCUT2D eigenvalue weighted by molar-refractivity contribution is -0.0312. The lowest BCUT2D eigenvalue weighted by atomic mass is 9.94. The van der Waals surface area contributed by atoms with Gasteiger partial charge in [-0.1, -0.05) is 24.3 Å². The number of nitrogens with one attached hydrogen (secondary N) is 1. The summed E-state index contributed by atoms with van der Waals surface area (Å²) >= 11 is 0. The Labute approximate surface area is 103 Å². The lowest BCUT2D eigenvalue weighted by Crippen LogP contribution is -2.29. The molecule has 0 bridgehead atoms. The van der Waals surface area contributed by atoms with Crippen LogP contribution >= 0.6 is 0 Å². The maximum atomic E-state index is 5.21. The number of rotatable bonds is 4. The van der Waals surface area contributed by atoms with E-state index in [1.54, 1.807) is 0 Å². The third-order valence-corrected chi connectivity index (χ3v) is 3.94. The van der Waals surface area contributed by atoms with E-state index < -0.39 is 0 Å². The van der Waals surface area contributed by atoms with Crippen LogP contribution in [0, 0.1) is 11.8 Å². The van der Waals surface area contributed by atoms with Crippen molar-refractivity contribution in [1.82, 2.24) is 5.32 Å². The summed E-state index contributed by atoms with van der Waals surface area (Å²) in [7, 11) is 0. The van der Waals surface area contributed by atoms with Gasteiger partial charge in [-0.15, -0.1) is 0 Å². The normalized spacial score (nSPS) is 24.8. The Morgan fingerprint density at radius 3 is 2.12 bits per heavy atom. The maximum Gasteiger partial charge on any atom is 0.0519 e. The fraction of sp³-hybridized carbons (Fsp3) is 0.600. The monoisotopic (exact) mass is 231 g/mol. The van der Waals surface area contributed by atoms with Crippen molar-refractivity contribution in [2.45, 2.75) is 19.3 Å². The third kappa shape index (κ3) is 2.88. The van der Waals surface area contributed by atoms with Gasteiger partial charge in [0.15, 0.2) is 0 Å². The molecule has 0 radical (unpaired) electrons. The molecule has 2 aliphatic heterocycles. The summed E-state index contributed by atoms with van der Waals surface area (Å²) in [6, 6.07) is 9.23. The molecule has 2 aliphatic rings. The van der Waals surface area contributed by atoms with Crippen LogP contribution in [-0.4, -0.2) is 26.3 Å². The first-order valence-corrected chi connectivity index (χ1v) is 6.76. The van der Waals surface area contributed by atoms with Gasteiger partial charge < -0.3 is 10.1 Å². The van der Waals surface area contributed by atoms with Gasteiger partial charge in [-0.05, 0) is 49.4 Å². The largest absolute Gasteiger partial charge is 0.381 e. The summed E-state index contributed by atoms with van der Waals surface area (Å²) in [5.41, 5.74) is 2.96. The summed E-state index contributed by atoms with van der Waals surface area (Å²) in [4.78, 5) is 0. The predicted octanol–water partition coefficient (Wildman–Crippen LogP) is 2.03. The van der Waals surface area contributed by atoms with Crippen molar-refractivity contribution in [3.63, 3.8) is 0 Å². The standard InChI is InChI=1S/C15H21NO/c1-3-13(8-15-10-17-11-15)4-2-12(1)7-14-5-6-16-9-14/h1-4,14-16H,5-11H2. The molecule has 92 valence electrons. The fourth-order valence-corrected chi connectivity index (χ4v) is 2.77. The summed E-state index contributed by atoms with van der Waals surface area (Å²) < 4.78 is 5.21. The van der Waals surface area contributed by atoms with E-state index in [2.05, 4.69) is 29.6 Å². The maximum absolute atomic E-state index is 5.21. The van der Waals surface area contributed by atoms with Gasteiger partial charge in [0.2, 0.25) is 0 Å². The zero-order chi connectivity index (χ0) is 11.5. The molecule has 0 aliphatic carbocycles. The molecule has 2 heteroatoms. The Bertz CT molecular complexity index is 350. The highest BCUT2D eigenvalue weighted by Gasteiger charge is 2.18. The Balaban J connectivity index is 1.55. The molecule has 0 aromatic heterocycles. The van der Waals surface area contributed by atoms with E-state index in [1.165, 1.54) is 43.5 Å². The quantitative estimate of drug-likeness (QED) is 0.856. The zero-order valence-corrected chi connectivity index (χ0v) is 10.3. The van der Waals surface area contributed by atoms with E-state index >= 15 is 0 Å². The molecule has 1 atom stereocenters. The van der Waals surface area contributed by atoms with E-state index in [0.717, 1.165) is 25.0 Å². The average molecular weight is 231 g/mol. The van der Waals surface area contributed by atoms with Gasteiger partial charge in [0.1, 0.15) is 0 Å². The average Bonchev–Trinajstić information content (AvgIpc) is 2.78. The minimum atomic E-state index is 0.764.